The number of hydrogen-bond donors (Lipinski definition) is 2. The molecule has 0 aliphatic rings. The molecular formula is C8H17N5. The Morgan fingerprint density at radius 3 is 3.00 bits per heavy atom. The average molecular weight is 183 g/mol. The number of nitrogens with two attached hydrogens (primary N) is 1. The summed E-state index contributed by atoms with van der Waals surface area (Å²) >= 11 is 0. The summed E-state index contributed by atoms with van der Waals surface area (Å²) in [5, 5.41) is 11.2. The number of aromatic nitrogens is 3. The molecule has 3 N–H and O–H groups in total. The van der Waals surface area contributed by atoms with E-state index in [0.717, 1.165) is 18.8 Å². The Labute approximate surface area is 78.3 Å². The van der Waals surface area contributed by atoms with Crippen molar-refractivity contribution in [2.45, 2.75) is 33.0 Å². The van der Waals surface area contributed by atoms with Gasteiger partial charge in [-0.25, -0.2) is 0 Å². The summed E-state index contributed by atoms with van der Waals surface area (Å²) in [4.78, 5) is 0. The summed E-state index contributed by atoms with van der Waals surface area (Å²) in [6.07, 6.45) is 1.92. The zero-order valence-corrected chi connectivity index (χ0v) is 8.20. The Bertz CT molecular complexity index is 242. The van der Waals surface area contributed by atoms with E-state index in [1.807, 2.05) is 6.20 Å². The van der Waals surface area contributed by atoms with Crippen LogP contribution in [0.2, 0.25) is 0 Å². The SMILES string of the molecule is CC(C)NCc1cn(CCN)nn1. The van der Waals surface area contributed by atoms with Gasteiger partial charge in [0, 0.05) is 25.3 Å². The van der Waals surface area contributed by atoms with E-state index in [9.17, 15) is 0 Å². The summed E-state index contributed by atoms with van der Waals surface area (Å²) in [5.74, 6) is 0. The Kier molecular flexibility index (Phi) is 3.85. The maximum Gasteiger partial charge on any atom is 0.0964 e. The van der Waals surface area contributed by atoms with Gasteiger partial charge in [0.2, 0.25) is 0 Å². The van der Waals surface area contributed by atoms with Gasteiger partial charge in [-0.3, -0.25) is 4.68 Å². The van der Waals surface area contributed by atoms with Gasteiger partial charge in [0.15, 0.2) is 0 Å². The lowest BCUT2D eigenvalue weighted by Gasteiger charge is -2.03. The highest BCUT2D eigenvalue weighted by Gasteiger charge is 2.00. The molecule has 0 saturated heterocycles. The van der Waals surface area contributed by atoms with Crippen LogP contribution in [0.5, 0.6) is 0 Å². The van der Waals surface area contributed by atoms with E-state index in [2.05, 4.69) is 29.5 Å². The average Bonchev–Trinajstić information content (AvgIpc) is 2.50. The van der Waals surface area contributed by atoms with E-state index >= 15 is 0 Å². The van der Waals surface area contributed by atoms with Crippen LogP contribution in [0.25, 0.3) is 0 Å². The lowest BCUT2D eigenvalue weighted by Crippen LogP contribution is -2.22. The van der Waals surface area contributed by atoms with Crippen molar-refractivity contribution in [1.29, 1.82) is 0 Å². The maximum absolute atomic E-state index is 5.39. The lowest BCUT2D eigenvalue weighted by atomic mass is 10.3. The summed E-state index contributed by atoms with van der Waals surface area (Å²) in [6.45, 7) is 6.30. The quantitative estimate of drug-likeness (QED) is 0.659. The molecule has 1 aromatic heterocycles. The fourth-order valence-electron chi connectivity index (χ4n) is 0.970. The second-order valence-corrected chi connectivity index (χ2v) is 3.30. The van der Waals surface area contributed by atoms with Crippen LogP contribution >= 0.6 is 0 Å². The first-order valence-corrected chi connectivity index (χ1v) is 4.55. The highest BCUT2D eigenvalue weighted by molar-refractivity contribution is 4.91. The third-order valence-corrected chi connectivity index (χ3v) is 1.64. The Balaban J connectivity index is 2.39. The third-order valence-electron chi connectivity index (χ3n) is 1.64. The Morgan fingerprint density at radius 1 is 1.62 bits per heavy atom. The fraction of sp³-hybridized carbons (Fsp3) is 0.750. The first kappa shape index (κ1) is 10.1. The van der Waals surface area contributed by atoms with Gasteiger partial charge in [-0.2, -0.15) is 0 Å². The molecule has 74 valence electrons. The molecule has 0 bridgehead atoms. The van der Waals surface area contributed by atoms with Gasteiger partial charge in [-0.05, 0) is 0 Å². The molecule has 0 fully saturated rings. The molecule has 0 aromatic carbocycles. The monoisotopic (exact) mass is 183 g/mol. The van der Waals surface area contributed by atoms with Crippen LogP contribution in [0.1, 0.15) is 19.5 Å². The molecule has 0 atom stereocenters. The van der Waals surface area contributed by atoms with Gasteiger partial charge in [0.1, 0.15) is 0 Å². The van der Waals surface area contributed by atoms with Crippen molar-refractivity contribution < 1.29 is 0 Å². The molecule has 5 heteroatoms. The minimum atomic E-state index is 0.472. The summed E-state index contributed by atoms with van der Waals surface area (Å²) in [7, 11) is 0. The molecule has 5 nitrogen and oxygen atoms in total. The summed E-state index contributed by atoms with van der Waals surface area (Å²) in [6, 6.07) is 0.472. The van der Waals surface area contributed by atoms with Crippen molar-refractivity contribution in [1.82, 2.24) is 20.3 Å². The van der Waals surface area contributed by atoms with Gasteiger partial charge in [-0.15, -0.1) is 5.10 Å². The smallest absolute Gasteiger partial charge is 0.0964 e. The van der Waals surface area contributed by atoms with Crippen LogP contribution in [-0.2, 0) is 13.1 Å². The lowest BCUT2D eigenvalue weighted by molar-refractivity contribution is 0.580. The first-order valence-electron chi connectivity index (χ1n) is 4.55. The topological polar surface area (TPSA) is 68.8 Å². The van der Waals surface area contributed by atoms with Crippen LogP contribution in [-0.4, -0.2) is 27.6 Å². The number of rotatable bonds is 5. The molecule has 0 aliphatic carbocycles. The van der Waals surface area contributed by atoms with Gasteiger partial charge in [0.25, 0.3) is 0 Å². The van der Waals surface area contributed by atoms with Crippen LogP contribution in [0.3, 0.4) is 0 Å². The molecule has 0 radical (unpaired) electrons. The van der Waals surface area contributed by atoms with Crippen molar-refractivity contribution in [3.63, 3.8) is 0 Å². The van der Waals surface area contributed by atoms with Crippen molar-refractivity contribution in [3.05, 3.63) is 11.9 Å². The minimum absolute atomic E-state index is 0.472. The highest BCUT2D eigenvalue weighted by atomic mass is 15.4. The molecule has 0 amide bonds. The Hall–Kier alpha value is -0.940. The zero-order valence-electron chi connectivity index (χ0n) is 8.20. The molecule has 0 aliphatic heterocycles. The van der Waals surface area contributed by atoms with E-state index in [4.69, 9.17) is 5.73 Å². The Morgan fingerprint density at radius 2 is 2.38 bits per heavy atom. The normalized spacial score (nSPS) is 11.1. The molecule has 0 spiro atoms. The van der Waals surface area contributed by atoms with E-state index in [1.165, 1.54) is 0 Å². The first-order chi connectivity index (χ1) is 6.22. The standard InChI is InChI=1S/C8H17N5/c1-7(2)10-5-8-6-13(4-3-9)12-11-8/h6-7,10H,3-5,9H2,1-2H3. The van der Waals surface area contributed by atoms with Crippen LogP contribution in [0.15, 0.2) is 6.20 Å². The van der Waals surface area contributed by atoms with E-state index in [0.29, 0.717) is 12.6 Å². The van der Waals surface area contributed by atoms with Crippen molar-refractivity contribution in [3.8, 4) is 0 Å². The minimum Gasteiger partial charge on any atom is -0.329 e. The predicted octanol–water partition coefficient (Wildman–Crippen LogP) is -0.265. The van der Waals surface area contributed by atoms with Crippen molar-refractivity contribution in [2.75, 3.05) is 6.54 Å². The number of hydrogen-bond acceptors (Lipinski definition) is 4. The van der Waals surface area contributed by atoms with Gasteiger partial charge in [-0.1, -0.05) is 19.1 Å². The largest absolute Gasteiger partial charge is 0.329 e. The zero-order chi connectivity index (χ0) is 9.68. The van der Waals surface area contributed by atoms with Crippen LogP contribution in [0.4, 0.5) is 0 Å². The molecule has 1 aromatic rings. The molecule has 0 unspecified atom stereocenters. The van der Waals surface area contributed by atoms with Gasteiger partial charge in [0.05, 0.1) is 12.2 Å². The van der Waals surface area contributed by atoms with E-state index in [1.54, 1.807) is 4.68 Å². The van der Waals surface area contributed by atoms with Crippen molar-refractivity contribution >= 4 is 0 Å². The molecule has 1 heterocycles. The fourth-order valence-corrected chi connectivity index (χ4v) is 0.970. The van der Waals surface area contributed by atoms with E-state index < -0.39 is 0 Å². The van der Waals surface area contributed by atoms with Gasteiger partial charge < -0.3 is 11.1 Å². The maximum atomic E-state index is 5.39. The van der Waals surface area contributed by atoms with E-state index in [-0.39, 0.29) is 0 Å². The van der Waals surface area contributed by atoms with Crippen LogP contribution < -0.4 is 11.1 Å². The summed E-state index contributed by atoms with van der Waals surface area (Å²) in [5.41, 5.74) is 6.35. The van der Waals surface area contributed by atoms with Gasteiger partial charge >= 0.3 is 0 Å². The van der Waals surface area contributed by atoms with Crippen molar-refractivity contribution in [2.24, 2.45) is 5.73 Å². The predicted molar refractivity (Wildman–Crippen MR) is 51.1 cm³/mol. The molecule has 1 rings (SSSR count). The second kappa shape index (κ2) is 4.94. The van der Waals surface area contributed by atoms with Crippen LogP contribution in [0, 0.1) is 0 Å². The molecule has 0 saturated carbocycles. The number of nitrogens with one attached hydrogen (secondary N) is 1. The third kappa shape index (κ3) is 3.52. The summed E-state index contributed by atoms with van der Waals surface area (Å²) < 4.78 is 1.76. The second-order valence-electron chi connectivity index (χ2n) is 3.30. The highest BCUT2D eigenvalue weighted by Crippen LogP contribution is 1.92. The molecular weight excluding hydrogens is 166 g/mol. The number of nitrogens with zero attached hydrogens (tertiary/aromatic N) is 3. The molecule has 13 heavy (non-hydrogen) atoms.